The lowest BCUT2D eigenvalue weighted by atomic mass is 9.81. The second kappa shape index (κ2) is 18.6. The van der Waals surface area contributed by atoms with Crippen LogP contribution < -0.4 is 26.6 Å². The molecule has 4 aliphatic rings. The molecule has 0 aromatic rings. The number of ether oxygens (including phenoxy) is 1. The van der Waals surface area contributed by atoms with Gasteiger partial charge in [-0.2, -0.15) is 0 Å². The van der Waals surface area contributed by atoms with Crippen molar-refractivity contribution in [2.45, 2.75) is 187 Å². The largest absolute Gasteiger partial charge is 0.447 e. The maximum atomic E-state index is 14.9. The van der Waals surface area contributed by atoms with E-state index in [1.165, 1.54) is 6.92 Å². The Morgan fingerprint density at radius 3 is 2.02 bits per heavy atom. The molecule has 4 fully saturated rings. The summed E-state index contributed by atoms with van der Waals surface area (Å²) in [5, 5.41) is 14.0. The fourth-order valence-corrected chi connectivity index (χ4v) is 8.14. The summed E-state index contributed by atoms with van der Waals surface area (Å²) in [5.74, 6) is -3.36. The lowest BCUT2D eigenvalue weighted by Crippen LogP contribution is -2.63. The van der Waals surface area contributed by atoms with Gasteiger partial charge in [-0.25, -0.2) is 4.79 Å². The first kappa shape index (κ1) is 42.0. The molecule has 298 valence electrons. The Hall–Kier alpha value is -3.71. The van der Waals surface area contributed by atoms with Gasteiger partial charge in [0.05, 0.1) is 12.1 Å². The number of nitrogens with one attached hydrogen (secondary N) is 5. The minimum absolute atomic E-state index is 0.000319. The number of likely N-dealkylation sites (tertiary alicyclic amines) is 1. The third-order valence-corrected chi connectivity index (χ3v) is 11.2. The molecule has 4 rings (SSSR count). The molecular formula is C39H64N6O8. The summed E-state index contributed by atoms with van der Waals surface area (Å²) in [4.78, 5) is 96.4. The fourth-order valence-electron chi connectivity index (χ4n) is 8.14. The SMILES string of the molecule is CCCC(NC(=O)[C@H]1C[C@@H]2CCCC[C@@H]2N1C(=O)[C@@H](NC(=O)[C@@H](NC(=O)[C@H](C)NC(=O)OC(C)C)C1CCCCC1)C(C)(C)C)C(=O)C(=O)NC1CC1. The molecule has 6 amide bonds. The van der Waals surface area contributed by atoms with Crippen LogP contribution in [0, 0.1) is 17.3 Å². The van der Waals surface area contributed by atoms with Gasteiger partial charge in [0.1, 0.15) is 24.2 Å². The molecule has 0 spiro atoms. The van der Waals surface area contributed by atoms with Crippen molar-refractivity contribution in [2.24, 2.45) is 17.3 Å². The smallest absolute Gasteiger partial charge is 0.408 e. The van der Waals surface area contributed by atoms with E-state index >= 15 is 0 Å². The van der Waals surface area contributed by atoms with Gasteiger partial charge in [0.15, 0.2) is 0 Å². The lowest BCUT2D eigenvalue weighted by Gasteiger charge is -2.40. The zero-order chi connectivity index (χ0) is 39.0. The minimum atomic E-state index is -1.04. The zero-order valence-electron chi connectivity index (χ0n) is 32.9. The second-order valence-corrected chi connectivity index (χ2v) is 17.1. The van der Waals surface area contributed by atoms with E-state index in [2.05, 4.69) is 26.6 Å². The molecule has 1 unspecified atom stereocenters. The number of alkyl carbamates (subject to hydrolysis) is 1. The molecular weight excluding hydrogens is 680 g/mol. The molecule has 1 heterocycles. The first-order valence-corrected chi connectivity index (χ1v) is 20.1. The van der Waals surface area contributed by atoms with Gasteiger partial charge in [-0.05, 0) is 89.4 Å². The number of rotatable bonds is 15. The standard InChI is InChI=1S/C39H64N6O8/c1-8-14-27(31(46)36(50)41-26-19-20-26)42-34(48)29-21-25-17-12-13-18-28(25)45(29)37(51)32(39(5,6)7)44-35(49)30(24-15-10-9-11-16-24)43-33(47)23(4)40-38(52)53-22(2)3/h22-30,32H,8-21H2,1-7H3,(H,40,52)(H,41,50)(H,42,48)(H,43,47)(H,44,49)/t23-,25-,27?,28-,29+,30-,32+/m0/s1. The van der Waals surface area contributed by atoms with Crippen LogP contribution in [-0.2, 0) is 33.5 Å². The molecule has 3 saturated carbocycles. The summed E-state index contributed by atoms with van der Waals surface area (Å²) in [5.41, 5.74) is -0.779. The van der Waals surface area contributed by atoms with Crippen molar-refractivity contribution >= 4 is 41.4 Å². The molecule has 14 nitrogen and oxygen atoms in total. The Morgan fingerprint density at radius 1 is 0.774 bits per heavy atom. The van der Waals surface area contributed by atoms with Crippen LogP contribution in [0.15, 0.2) is 0 Å². The van der Waals surface area contributed by atoms with E-state index in [1.54, 1.807) is 18.7 Å². The number of carbonyl (C=O) groups is 7. The van der Waals surface area contributed by atoms with Gasteiger partial charge in [-0.1, -0.05) is 66.2 Å². The van der Waals surface area contributed by atoms with Crippen LogP contribution in [0.25, 0.3) is 0 Å². The highest BCUT2D eigenvalue weighted by atomic mass is 16.6. The second-order valence-electron chi connectivity index (χ2n) is 17.1. The van der Waals surface area contributed by atoms with Crippen LogP contribution in [0.1, 0.15) is 138 Å². The van der Waals surface area contributed by atoms with Crippen molar-refractivity contribution in [1.82, 2.24) is 31.5 Å². The molecule has 53 heavy (non-hydrogen) atoms. The van der Waals surface area contributed by atoms with E-state index in [1.807, 2.05) is 27.7 Å². The van der Waals surface area contributed by atoms with Crippen LogP contribution in [0.2, 0.25) is 0 Å². The average molecular weight is 745 g/mol. The van der Waals surface area contributed by atoms with Crippen LogP contribution >= 0.6 is 0 Å². The molecule has 0 bridgehead atoms. The van der Waals surface area contributed by atoms with E-state index in [0.29, 0.717) is 12.8 Å². The number of carbonyl (C=O) groups excluding carboxylic acids is 7. The number of fused-ring (bicyclic) bond motifs is 1. The Bertz CT molecular complexity index is 1350. The molecule has 5 N–H and O–H groups in total. The summed E-state index contributed by atoms with van der Waals surface area (Å²) >= 11 is 0. The molecule has 0 aromatic heterocycles. The van der Waals surface area contributed by atoms with Crippen molar-refractivity contribution in [3.8, 4) is 0 Å². The normalized spacial score (nSPS) is 24.2. The van der Waals surface area contributed by atoms with Gasteiger partial charge in [0.2, 0.25) is 29.4 Å². The lowest BCUT2D eigenvalue weighted by molar-refractivity contribution is -0.147. The van der Waals surface area contributed by atoms with Gasteiger partial charge < -0.3 is 36.2 Å². The summed E-state index contributed by atoms with van der Waals surface area (Å²) < 4.78 is 5.12. The van der Waals surface area contributed by atoms with Gasteiger partial charge in [-0.3, -0.25) is 28.8 Å². The summed E-state index contributed by atoms with van der Waals surface area (Å²) in [6.07, 6.45) is 9.57. The predicted octanol–water partition coefficient (Wildman–Crippen LogP) is 3.40. The number of Topliss-reactive ketones (excluding diaryl/α,β-unsaturated/α-hetero) is 1. The number of nitrogens with zero attached hydrogens (tertiary/aromatic N) is 1. The first-order chi connectivity index (χ1) is 25.0. The Labute approximate surface area is 314 Å². The molecule has 3 aliphatic carbocycles. The topological polar surface area (TPSA) is 192 Å². The number of hydrogen-bond acceptors (Lipinski definition) is 8. The molecule has 0 radical (unpaired) electrons. The number of amides is 6. The molecule has 7 atom stereocenters. The highest BCUT2D eigenvalue weighted by molar-refractivity contribution is 6.38. The van der Waals surface area contributed by atoms with E-state index in [0.717, 1.165) is 70.6 Å². The van der Waals surface area contributed by atoms with Gasteiger partial charge in [0.25, 0.3) is 5.91 Å². The van der Waals surface area contributed by atoms with E-state index < -0.39 is 71.1 Å². The predicted molar refractivity (Wildman–Crippen MR) is 198 cm³/mol. The highest BCUT2D eigenvalue weighted by Gasteiger charge is 2.51. The van der Waals surface area contributed by atoms with E-state index in [9.17, 15) is 33.6 Å². The van der Waals surface area contributed by atoms with E-state index in [4.69, 9.17) is 4.74 Å². The van der Waals surface area contributed by atoms with Crippen molar-refractivity contribution in [3.05, 3.63) is 0 Å². The maximum Gasteiger partial charge on any atom is 0.408 e. The summed E-state index contributed by atoms with van der Waals surface area (Å²) in [7, 11) is 0. The Morgan fingerprint density at radius 2 is 1.42 bits per heavy atom. The van der Waals surface area contributed by atoms with Gasteiger partial charge >= 0.3 is 6.09 Å². The van der Waals surface area contributed by atoms with Crippen LogP contribution in [0.4, 0.5) is 4.79 Å². The Kier molecular flexibility index (Phi) is 14.7. The zero-order valence-corrected chi connectivity index (χ0v) is 32.9. The highest BCUT2D eigenvalue weighted by Crippen LogP contribution is 2.41. The monoisotopic (exact) mass is 744 g/mol. The first-order valence-electron chi connectivity index (χ1n) is 20.1. The third-order valence-electron chi connectivity index (χ3n) is 11.2. The Balaban J connectivity index is 1.56. The summed E-state index contributed by atoms with van der Waals surface area (Å²) in [6, 6.07) is -5.06. The van der Waals surface area contributed by atoms with Gasteiger partial charge in [0, 0.05) is 12.1 Å². The minimum Gasteiger partial charge on any atom is -0.447 e. The molecule has 14 heteroatoms. The molecule has 1 saturated heterocycles. The van der Waals surface area contributed by atoms with Gasteiger partial charge in [-0.15, -0.1) is 0 Å². The number of ketones is 1. The maximum absolute atomic E-state index is 14.9. The summed E-state index contributed by atoms with van der Waals surface area (Å²) in [6.45, 7) is 12.4. The van der Waals surface area contributed by atoms with Crippen molar-refractivity contribution in [2.75, 3.05) is 0 Å². The quantitative estimate of drug-likeness (QED) is 0.158. The van der Waals surface area contributed by atoms with Crippen molar-refractivity contribution < 1.29 is 38.3 Å². The number of hydrogen-bond donors (Lipinski definition) is 5. The van der Waals surface area contributed by atoms with Crippen molar-refractivity contribution in [3.63, 3.8) is 0 Å². The molecule has 0 aromatic carbocycles. The fraction of sp³-hybridized carbons (Fsp3) is 0.821. The van der Waals surface area contributed by atoms with Crippen LogP contribution in [0.5, 0.6) is 0 Å². The average Bonchev–Trinajstić information content (AvgIpc) is 3.83. The van der Waals surface area contributed by atoms with E-state index in [-0.39, 0.29) is 42.4 Å². The van der Waals surface area contributed by atoms with Crippen LogP contribution in [-0.4, -0.2) is 94.7 Å². The molecule has 1 aliphatic heterocycles. The van der Waals surface area contributed by atoms with Crippen LogP contribution in [0.3, 0.4) is 0 Å². The van der Waals surface area contributed by atoms with Crippen molar-refractivity contribution in [1.29, 1.82) is 0 Å². The third kappa shape index (κ3) is 11.4.